The third-order valence-corrected chi connectivity index (χ3v) is 4.80. The largest absolute Gasteiger partial charge is 0.507 e. The minimum absolute atomic E-state index is 0.0584. The highest BCUT2D eigenvalue weighted by molar-refractivity contribution is 9.10. The van der Waals surface area contributed by atoms with Gasteiger partial charge in [-0.25, -0.2) is 0 Å². The van der Waals surface area contributed by atoms with Crippen molar-refractivity contribution in [1.82, 2.24) is 5.32 Å². The van der Waals surface area contributed by atoms with Crippen molar-refractivity contribution in [3.63, 3.8) is 0 Å². The van der Waals surface area contributed by atoms with Crippen molar-refractivity contribution in [3.05, 3.63) is 52.0 Å². The summed E-state index contributed by atoms with van der Waals surface area (Å²) in [6, 6.07) is 9.25. The second kappa shape index (κ2) is 7.99. The third kappa shape index (κ3) is 3.85. The molecule has 1 saturated heterocycles. The van der Waals surface area contributed by atoms with E-state index in [-0.39, 0.29) is 27.7 Å². The average Bonchev–Trinajstić information content (AvgIpc) is 2.63. The van der Waals surface area contributed by atoms with Gasteiger partial charge >= 0.3 is 0 Å². The zero-order chi connectivity index (χ0) is 20.4. The molecular formula is C19H15BrN2O5S. The predicted molar refractivity (Wildman–Crippen MR) is 111 cm³/mol. The number of benzene rings is 2. The number of phenols is 2. The molecule has 0 bridgehead atoms. The second-order valence-electron chi connectivity index (χ2n) is 5.75. The van der Waals surface area contributed by atoms with Gasteiger partial charge in [0.2, 0.25) is 0 Å². The number of nitrogens with one attached hydrogen (secondary N) is 1. The molecule has 28 heavy (non-hydrogen) atoms. The van der Waals surface area contributed by atoms with Crippen LogP contribution in [-0.4, -0.2) is 33.7 Å². The van der Waals surface area contributed by atoms with E-state index in [1.807, 2.05) is 6.92 Å². The van der Waals surface area contributed by atoms with Crippen LogP contribution in [0.5, 0.6) is 17.2 Å². The summed E-state index contributed by atoms with van der Waals surface area (Å²) in [5.41, 5.74) is 0.394. The van der Waals surface area contributed by atoms with Crippen molar-refractivity contribution < 1.29 is 24.5 Å². The molecule has 1 aliphatic heterocycles. The fraction of sp³-hybridized carbons (Fsp3) is 0.105. The van der Waals surface area contributed by atoms with Crippen molar-refractivity contribution in [2.24, 2.45) is 0 Å². The fourth-order valence-corrected chi connectivity index (χ4v) is 3.25. The van der Waals surface area contributed by atoms with Crippen LogP contribution in [0.1, 0.15) is 12.5 Å². The Morgan fingerprint density at radius 2 is 1.96 bits per heavy atom. The number of ether oxygens (including phenoxy) is 1. The van der Waals surface area contributed by atoms with Gasteiger partial charge in [-0.05, 0) is 59.3 Å². The Morgan fingerprint density at radius 1 is 1.21 bits per heavy atom. The highest BCUT2D eigenvalue weighted by Crippen LogP contribution is 2.33. The minimum Gasteiger partial charge on any atom is -0.507 e. The maximum atomic E-state index is 13.0. The number of carbonyl (C=O) groups excluding carboxylic acids is 2. The van der Waals surface area contributed by atoms with E-state index in [1.165, 1.54) is 17.0 Å². The summed E-state index contributed by atoms with van der Waals surface area (Å²) in [5, 5.41) is 22.1. The maximum Gasteiger partial charge on any atom is 0.270 e. The SMILES string of the molecule is CCOc1cccc(N2C(=O)C(=Cc3cc(Br)c(O)cc3O)C(=O)NC2=S)c1. The molecule has 2 amide bonds. The smallest absolute Gasteiger partial charge is 0.270 e. The van der Waals surface area contributed by atoms with Crippen LogP contribution in [0.25, 0.3) is 6.08 Å². The lowest BCUT2D eigenvalue weighted by atomic mass is 10.1. The fourth-order valence-electron chi connectivity index (χ4n) is 2.61. The number of halogens is 1. The molecule has 0 saturated carbocycles. The molecule has 9 heteroatoms. The number of amides is 2. The molecule has 2 aromatic rings. The average molecular weight is 463 g/mol. The number of phenolic OH excluding ortho intramolecular Hbond substituents is 2. The van der Waals surface area contributed by atoms with Crippen LogP contribution in [0.2, 0.25) is 0 Å². The van der Waals surface area contributed by atoms with Gasteiger partial charge < -0.3 is 14.9 Å². The van der Waals surface area contributed by atoms with Crippen LogP contribution in [0, 0.1) is 0 Å². The van der Waals surface area contributed by atoms with Gasteiger partial charge in [0.05, 0.1) is 16.8 Å². The zero-order valence-corrected chi connectivity index (χ0v) is 17.0. The van der Waals surface area contributed by atoms with Crippen molar-refractivity contribution in [2.45, 2.75) is 6.92 Å². The van der Waals surface area contributed by atoms with Crippen molar-refractivity contribution >= 4 is 56.8 Å². The molecule has 0 atom stereocenters. The van der Waals surface area contributed by atoms with Crippen molar-refractivity contribution in [2.75, 3.05) is 11.5 Å². The Labute approximate surface area is 174 Å². The number of carbonyl (C=O) groups is 2. The third-order valence-electron chi connectivity index (χ3n) is 3.88. The topological polar surface area (TPSA) is 99.1 Å². The van der Waals surface area contributed by atoms with E-state index in [4.69, 9.17) is 17.0 Å². The molecule has 0 aromatic heterocycles. The molecule has 1 aliphatic rings. The summed E-state index contributed by atoms with van der Waals surface area (Å²) in [6.07, 6.45) is 1.23. The van der Waals surface area contributed by atoms with E-state index >= 15 is 0 Å². The van der Waals surface area contributed by atoms with E-state index < -0.39 is 11.8 Å². The van der Waals surface area contributed by atoms with Gasteiger partial charge in [-0.1, -0.05) is 6.07 Å². The van der Waals surface area contributed by atoms with E-state index in [1.54, 1.807) is 24.3 Å². The second-order valence-corrected chi connectivity index (χ2v) is 6.99. The molecule has 0 unspecified atom stereocenters. The number of nitrogens with zero attached hydrogens (tertiary/aromatic N) is 1. The molecular weight excluding hydrogens is 448 g/mol. The summed E-state index contributed by atoms with van der Waals surface area (Å²) in [4.78, 5) is 26.5. The minimum atomic E-state index is -0.684. The monoisotopic (exact) mass is 462 g/mol. The molecule has 1 heterocycles. The van der Waals surface area contributed by atoms with Gasteiger partial charge in [0.15, 0.2) is 5.11 Å². The standard InChI is InChI=1S/C19H15BrN2O5S/c1-2-27-12-5-3-4-11(8-12)22-18(26)13(17(25)21-19(22)28)6-10-7-14(20)16(24)9-15(10)23/h3-9,23-24H,2H2,1H3,(H,21,25,28). The van der Waals surface area contributed by atoms with Crippen LogP contribution in [0.15, 0.2) is 46.4 Å². The van der Waals surface area contributed by atoms with Crippen molar-refractivity contribution in [1.29, 1.82) is 0 Å². The Hall–Kier alpha value is -2.91. The van der Waals surface area contributed by atoms with Gasteiger partial charge in [-0.15, -0.1) is 0 Å². The van der Waals surface area contributed by atoms with Gasteiger partial charge in [-0.3, -0.25) is 19.8 Å². The molecule has 0 radical (unpaired) electrons. The molecule has 0 aliphatic carbocycles. The van der Waals surface area contributed by atoms with Crippen molar-refractivity contribution in [3.8, 4) is 17.2 Å². The van der Waals surface area contributed by atoms with E-state index in [9.17, 15) is 19.8 Å². The summed E-state index contributed by atoms with van der Waals surface area (Å²) < 4.78 is 5.75. The number of hydrogen-bond acceptors (Lipinski definition) is 6. The first-order valence-electron chi connectivity index (χ1n) is 8.17. The van der Waals surface area contributed by atoms with Crippen LogP contribution in [0.3, 0.4) is 0 Å². The summed E-state index contributed by atoms with van der Waals surface area (Å²) in [6.45, 7) is 2.30. The van der Waals surface area contributed by atoms with Gasteiger partial charge in [0.1, 0.15) is 22.8 Å². The number of aromatic hydroxyl groups is 2. The highest BCUT2D eigenvalue weighted by Gasteiger charge is 2.34. The lowest BCUT2D eigenvalue weighted by molar-refractivity contribution is -0.122. The number of rotatable bonds is 4. The maximum absolute atomic E-state index is 13.0. The Bertz CT molecular complexity index is 1020. The van der Waals surface area contributed by atoms with Crippen LogP contribution < -0.4 is 15.0 Å². The Kier molecular flexibility index (Phi) is 5.66. The molecule has 144 valence electrons. The lowest BCUT2D eigenvalue weighted by Crippen LogP contribution is -2.54. The molecule has 1 fully saturated rings. The normalized spacial score (nSPS) is 15.7. The van der Waals surface area contributed by atoms with Gasteiger partial charge in [0, 0.05) is 17.7 Å². The molecule has 7 nitrogen and oxygen atoms in total. The summed E-state index contributed by atoms with van der Waals surface area (Å²) in [7, 11) is 0. The van der Waals surface area contributed by atoms with Crippen LogP contribution >= 0.6 is 28.1 Å². The van der Waals surface area contributed by atoms with E-state index in [0.29, 0.717) is 22.5 Å². The first-order valence-corrected chi connectivity index (χ1v) is 9.37. The number of hydrogen-bond donors (Lipinski definition) is 3. The van der Waals surface area contributed by atoms with E-state index in [0.717, 1.165) is 6.07 Å². The van der Waals surface area contributed by atoms with Gasteiger partial charge in [0.25, 0.3) is 11.8 Å². The zero-order valence-electron chi connectivity index (χ0n) is 14.6. The highest BCUT2D eigenvalue weighted by atomic mass is 79.9. The lowest BCUT2D eigenvalue weighted by Gasteiger charge is -2.29. The number of anilines is 1. The summed E-state index contributed by atoms with van der Waals surface area (Å²) in [5.74, 6) is -1.23. The van der Waals surface area contributed by atoms with Gasteiger partial charge in [-0.2, -0.15) is 0 Å². The molecule has 3 rings (SSSR count). The number of thiocarbonyl (C=S) groups is 1. The molecule has 0 spiro atoms. The summed E-state index contributed by atoms with van der Waals surface area (Å²) >= 11 is 8.30. The molecule has 2 aromatic carbocycles. The van der Waals surface area contributed by atoms with Crippen LogP contribution in [0.4, 0.5) is 5.69 Å². The van der Waals surface area contributed by atoms with Crippen LogP contribution in [-0.2, 0) is 9.59 Å². The molecule has 3 N–H and O–H groups in total. The quantitative estimate of drug-likeness (QED) is 0.366. The van der Waals surface area contributed by atoms with E-state index in [2.05, 4.69) is 21.2 Å². The first-order chi connectivity index (χ1) is 13.3. The predicted octanol–water partition coefficient (Wildman–Crippen LogP) is 3.09. The Morgan fingerprint density at radius 3 is 2.68 bits per heavy atom. The Balaban J connectivity index is 2.03. The first kappa shape index (κ1) is 19.8.